The van der Waals surface area contributed by atoms with E-state index in [2.05, 4.69) is 27.9 Å². The van der Waals surface area contributed by atoms with E-state index in [4.69, 9.17) is 21.6 Å². The predicted octanol–water partition coefficient (Wildman–Crippen LogP) is 4.11. The number of rotatable bonds is 5. The number of hydrogen-bond donors (Lipinski definition) is 2. The fourth-order valence-corrected chi connectivity index (χ4v) is 3.45. The van der Waals surface area contributed by atoms with Crippen molar-refractivity contribution in [2.75, 3.05) is 0 Å². The van der Waals surface area contributed by atoms with E-state index in [1.807, 2.05) is 13.0 Å². The van der Waals surface area contributed by atoms with E-state index in [1.165, 1.54) is 6.20 Å². The summed E-state index contributed by atoms with van der Waals surface area (Å²) in [6, 6.07) is 7.20. The first kappa shape index (κ1) is 20.4. The first-order valence-corrected chi connectivity index (χ1v) is 10.0. The molecule has 0 radical (unpaired) electrons. The third kappa shape index (κ3) is 5.15. The summed E-state index contributed by atoms with van der Waals surface area (Å²) < 4.78 is 5.97. The van der Waals surface area contributed by atoms with E-state index in [1.54, 1.807) is 24.4 Å². The van der Waals surface area contributed by atoms with E-state index in [9.17, 15) is 4.79 Å². The van der Waals surface area contributed by atoms with Gasteiger partial charge in [-0.15, -0.1) is 0 Å². The van der Waals surface area contributed by atoms with Crippen LogP contribution in [0.1, 0.15) is 59.6 Å². The van der Waals surface area contributed by atoms with Gasteiger partial charge >= 0.3 is 0 Å². The zero-order valence-electron chi connectivity index (χ0n) is 15.4. The van der Waals surface area contributed by atoms with Gasteiger partial charge in [-0.1, -0.05) is 11.6 Å². The molecule has 28 heavy (non-hydrogen) atoms. The number of nitrogens with one attached hydrogen (secondary N) is 1. The Morgan fingerprint density at radius 1 is 1.32 bits per heavy atom. The van der Waals surface area contributed by atoms with Crippen LogP contribution >= 0.6 is 24.2 Å². The van der Waals surface area contributed by atoms with Crippen LogP contribution in [0.3, 0.4) is 0 Å². The quantitative estimate of drug-likeness (QED) is 0.716. The fraction of sp³-hybridized carbons (Fsp3) is 0.400. The van der Waals surface area contributed by atoms with Crippen LogP contribution in [0.25, 0.3) is 0 Å². The lowest BCUT2D eigenvalue weighted by Gasteiger charge is -2.29. The molecule has 1 N–H and O–H groups in total. The van der Waals surface area contributed by atoms with Gasteiger partial charge in [-0.3, -0.25) is 9.78 Å². The van der Waals surface area contributed by atoms with Crippen molar-refractivity contribution >= 4 is 30.1 Å². The number of carbonyl (C=O) groups is 1. The molecule has 0 saturated heterocycles. The van der Waals surface area contributed by atoms with E-state index >= 15 is 0 Å². The van der Waals surface area contributed by atoms with Gasteiger partial charge in [0.2, 0.25) is 0 Å². The number of carbonyl (C=O) groups excluding carboxylic acids is 1. The maximum absolute atomic E-state index is 12.4. The molecule has 3 rings (SSSR count). The molecule has 1 aliphatic rings. The maximum Gasteiger partial charge on any atom is 0.271 e. The number of benzene rings is 1. The molecule has 1 amide bonds. The first-order valence-electron chi connectivity index (χ1n) is 9.13. The third-order valence-corrected chi connectivity index (χ3v) is 5.28. The van der Waals surface area contributed by atoms with Gasteiger partial charge in [-0.05, 0) is 44.7 Å². The molecule has 1 aliphatic carbocycles. The van der Waals surface area contributed by atoms with Crippen molar-refractivity contribution in [3.05, 3.63) is 52.6 Å². The third-order valence-electron chi connectivity index (χ3n) is 4.71. The molecule has 6 nitrogen and oxygen atoms in total. The standard InChI is InChI=1S/C20H21ClN4O2S/c1-12(28)18-10-24-19(11-23-18)20(26)25-14-3-6-15(7-4-14)27-16-5-2-13(9-22)17(21)8-16/h2,5,8,10-12,14-15,28H,3-4,6-7H2,1H3,(H,25,26). The molecule has 0 spiro atoms. The monoisotopic (exact) mass is 416 g/mol. The topological polar surface area (TPSA) is 87.9 Å². The Bertz CT molecular complexity index is 875. The SMILES string of the molecule is CC(S)c1cnc(C(=O)NC2CCC(Oc3ccc(C#N)c(Cl)c3)CC2)cn1. The molecule has 1 saturated carbocycles. The zero-order valence-corrected chi connectivity index (χ0v) is 17.1. The molecule has 1 unspecified atom stereocenters. The van der Waals surface area contributed by atoms with Gasteiger partial charge in [-0.25, -0.2) is 4.98 Å². The Hall–Kier alpha value is -2.30. The minimum Gasteiger partial charge on any atom is -0.490 e. The van der Waals surface area contributed by atoms with Crippen LogP contribution in [0.15, 0.2) is 30.6 Å². The largest absolute Gasteiger partial charge is 0.490 e. The van der Waals surface area contributed by atoms with Crippen molar-refractivity contribution in [1.82, 2.24) is 15.3 Å². The normalized spacial score (nSPS) is 20.1. The van der Waals surface area contributed by atoms with Crippen molar-refractivity contribution in [3.63, 3.8) is 0 Å². The van der Waals surface area contributed by atoms with Gasteiger partial charge in [0.25, 0.3) is 5.91 Å². The Kier molecular flexibility index (Phi) is 6.76. The second-order valence-corrected chi connectivity index (χ2v) is 8.00. The van der Waals surface area contributed by atoms with Gasteiger partial charge in [0, 0.05) is 17.4 Å². The smallest absolute Gasteiger partial charge is 0.271 e. The Balaban J connectivity index is 1.49. The Morgan fingerprint density at radius 2 is 2.07 bits per heavy atom. The molecule has 1 fully saturated rings. The number of nitrogens with zero attached hydrogens (tertiary/aromatic N) is 3. The highest BCUT2D eigenvalue weighted by Gasteiger charge is 2.24. The molecule has 1 aromatic heterocycles. The summed E-state index contributed by atoms with van der Waals surface area (Å²) in [5.41, 5.74) is 1.48. The first-order chi connectivity index (χ1) is 13.5. The highest BCUT2D eigenvalue weighted by molar-refractivity contribution is 7.80. The van der Waals surface area contributed by atoms with Gasteiger partial charge in [0.1, 0.15) is 17.5 Å². The lowest BCUT2D eigenvalue weighted by molar-refractivity contribution is 0.0888. The summed E-state index contributed by atoms with van der Waals surface area (Å²) in [6.45, 7) is 1.90. The highest BCUT2D eigenvalue weighted by Crippen LogP contribution is 2.27. The molecule has 1 aromatic carbocycles. The maximum atomic E-state index is 12.4. The van der Waals surface area contributed by atoms with Crippen LogP contribution in [-0.4, -0.2) is 28.0 Å². The van der Waals surface area contributed by atoms with Crippen molar-refractivity contribution in [3.8, 4) is 11.8 Å². The number of ether oxygens (including phenoxy) is 1. The summed E-state index contributed by atoms with van der Waals surface area (Å²) >= 11 is 10.4. The molecular formula is C20H21ClN4O2S. The predicted molar refractivity (Wildman–Crippen MR) is 110 cm³/mol. The molecule has 146 valence electrons. The summed E-state index contributed by atoms with van der Waals surface area (Å²) in [5.74, 6) is 0.444. The van der Waals surface area contributed by atoms with Crippen molar-refractivity contribution in [2.24, 2.45) is 0 Å². The number of halogens is 1. The van der Waals surface area contributed by atoms with Crippen molar-refractivity contribution in [1.29, 1.82) is 5.26 Å². The van der Waals surface area contributed by atoms with Crippen molar-refractivity contribution in [2.45, 2.75) is 50.0 Å². The number of amides is 1. The lowest BCUT2D eigenvalue weighted by Crippen LogP contribution is -2.40. The Labute approximate surface area is 174 Å². The molecule has 1 heterocycles. The van der Waals surface area contributed by atoms with Gasteiger partial charge in [0.15, 0.2) is 0 Å². The molecule has 1 atom stereocenters. The van der Waals surface area contributed by atoms with Gasteiger partial charge in [0.05, 0.1) is 34.8 Å². The molecule has 8 heteroatoms. The number of hydrogen-bond acceptors (Lipinski definition) is 6. The minimum absolute atomic E-state index is 0.0223. The highest BCUT2D eigenvalue weighted by atomic mass is 35.5. The van der Waals surface area contributed by atoms with Gasteiger partial charge < -0.3 is 10.1 Å². The van der Waals surface area contributed by atoms with Gasteiger partial charge in [-0.2, -0.15) is 17.9 Å². The van der Waals surface area contributed by atoms with E-state index in [0.29, 0.717) is 22.0 Å². The lowest BCUT2D eigenvalue weighted by atomic mass is 9.93. The second-order valence-electron chi connectivity index (χ2n) is 6.82. The van der Waals surface area contributed by atoms with E-state index in [-0.39, 0.29) is 23.3 Å². The molecule has 0 bridgehead atoms. The van der Waals surface area contributed by atoms with Crippen LogP contribution in [0.2, 0.25) is 5.02 Å². The van der Waals surface area contributed by atoms with Crippen LogP contribution in [-0.2, 0) is 0 Å². The number of thiol groups is 1. The molecule has 2 aromatic rings. The number of nitriles is 1. The summed E-state index contributed by atoms with van der Waals surface area (Å²) in [4.78, 5) is 20.8. The average Bonchev–Trinajstić information content (AvgIpc) is 2.69. The Morgan fingerprint density at radius 3 is 2.64 bits per heavy atom. The van der Waals surface area contributed by atoms with Crippen LogP contribution in [0.4, 0.5) is 0 Å². The summed E-state index contributed by atoms with van der Waals surface area (Å²) in [7, 11) is 0. The van der Waals surface area contributed by atoms with Crippen LogP contribution in [0, 0.1) is 11.3 Å². The van der Waals surface area contributed by atoms with Crippen LogP contribution < -0.4 is 10.1 Å². The molecular weight excluding hydrogens is 396 g/mol. The second kappa shape index (κ2) is 9.26. The number of aromatic nitrogens is 2. The van der Waals surface area contributed by atoms with E-state index in [0.717, 1.165) is 31.4 Å². The molecule has 0 aliphatic heterocycles. The van der Waals surface area contributed by atoms with Crippen molar-refractivity contribution < 1.29 is 9.53 Å². The summed E-state index contributed by atoms with van der Waals surface area (Å²) in [5, 5.41) is 12.3. The van der Waals surface area contributed by atoms with E-state index < -0.39 is 0 Å². The fourth-order valence-electron chi connectivity index (χ4n) is 3.11. The summed E-state index contributed by atoms with van der Waals surface area (Å²) in [6.07, 6.45) is 6.42. The van der Waals surface area contributed by atoms with Crippen LogP contribution in [0.5, 0.6) is 5.75 Å². The zero-order chi connectivity index (χ0) is 20.1. The average molecular weight is 417 g/mol. The minimum atomic E-state index is -0.214.